The van der Waals surface area contributed by atoms with Gasteiger partial charge in [0.25, 0.3) is 0 Å². The highest BCUT2D eigenvalue weighted by Gasteiger charge is 2.19. The number of amides is 1. The van der Waals surface area contributed by atoms with Crippen molar-refractivity contribution < 1.29 is 4.79 Å². The smallest absolute Gasteiger partial charge is 0.236 e. The minimum atomic E-state index is -0.0878. The second-order valence-corrected chi connectivity index (χ2v) is 8.12. The lowest BCUT2D eigenvalue weighted by atomic mass is 10.1. The fraction of sp³-hybridized carbons (Fsp3) is 0.304. The van der Waals surface area contributed by atoms with Gasteiger partial charge in [-0.2, -0.15) is 0 Å². The van der Waals surface area contributed by atoms with Gasteiger partial charge < -0.3 is 20.4 Å². The summed E-state index contributed by atoms with van der Waals surface area (Å²) in [6, 6.07) is 11.9. The summed E-state index contributed by atoms with van der Waals surface area (Å²) in [5.41, 5.74) is 9.51. The number of anilines is 2. The molecule has 9 heteroatoms. The summed E-state index contributed by atoms with van der Waals surface area (Å²) in [7, 11) is 1.75. The van der Waals surface area contributed by atoms with Crippen LogP contribution in [0.25, 0.3) is 11.1 Å². The molecule has 1 aliphatic heterocycles. The fourth-order valence-corrected chi connectivity index (χ4v) is 3.92. The fourth-order valence-electron chi connectivity index (χ4n) is 3.75. The Balaban J connectivity index is 1.40. The summed E-state index contributed by atoms with van der Waals surface area (Å²) in [5.74, 6) is 0.640. The van der Waals surface area contributed by atoms with Gasteiger partial charge in [0.05, 0.1) is 6.54 Å². The molecule has 1 aliphatic rings. The average molecular weight is 452 g/mol. The Morgan fingerprint density at radius 3 is 2.44 bits per heavy atom. The second kappa shape index (κ2) is 9.93. The largest absolute Gasteiger partial charge is 0.368 e. The number of carbonyl (C=O) groups is 1. The lowest BCUT2D eigenvalue weighted by Crippen LogP contribution is -2.47. The molecule has 4 rings (SSSR count). The molecule has 32 heavy (non-hydrogen) atoms. The van der Waals surface area contributed by atoms with Crippen LogP contribution in [0, 0.1) is 0 Å². The van der Waals surface area contributed by atoms with Gasteiger partial charge in [-0.05, 0) is 29.3 Å². The van der Waals surface area contributed by atoms with Crippen molar-refractivity contribution in [3.05, 3.63) is 65.7 Å². The number of aromatic nitrogens is 3. The van der Waals surface area contributed by atoms with E-state index < -0.39 is 0 Å². The van der Waals surface area contributed by atoms with Gasteiger partial charge in [-0.25, -0.2) is 15.0 Å². The molecule has 0 saturated carbocycles. The van der Waals surface area contributed by atoms with E-state index in [9.17, 15) is 4.79 Å². The lowest BCUT2D eigenvalue weighted by Gasteiger charge is -2.36. The van der Waals surface area contributed by atoms with Crippen LogP contribution in [0.1, 0.15) is 5.56 Å². The highest BCUT2D eigenvalue weighted by atomic mass is 35.5. The number of likely N-dealkylation sites (N-methyl/N-ethyl adjacent to an activating group) is 1. The Morgan fingerprint density at radius 2 is 1.75 bits per heavy atom. The first-order valence-electron chi connectivity index (χ1n) is 10.5. The number of nitrogens with zero attached hydrogens (tertiary/aromatic N) is 6. The first-order valence-corrected chi connectivity index (χ1v) is 10.9. The zero-order chi connectivity index (χ0) is 22.5. The van der Waals surface area contributed by atoms with Crippen LogP contribution in [0.5, 0.6) is 0 Å². The van der Waals surface area contributed by atoms with Crippen molar-refractivity contribution in [3.8, 4) is 11.1 Å². The molecule has 166 valence electrons. The quantitative estimate of drug-likeness (QED) is 0.575. The van der Waals surface area contributed by atoms with Crippen molar-refractivity contribution in [1.82, 2.24) is 19.9 Å². The summed E-state index contributed by atoms with van der Waals surface area (Å²) < 4.78 is 0. The molecular formula is C23H26ClN7O. The predicted molar refractivity (Wildman–Crippen MR) is 127 cm³/mol. The molecule has 2 aromatic heterocycles. The van der Waals surface area contributed by atoms with Crippen molar-refractivity contribution in [2.45, 2.75) is 6.54 Å². The Bertz CT molecular complexity index is 1070. The molecule has 1 fully saturated rings. The van der Waals surface area contributed by atoms with Crippen LogP contribution in [0.3, 0.4) is 0 Å². The van der Waals surface area contributed by atoms with Crippen LogP contribution in [0.4, 0.5) is 11.6 Å². The predicted octanol–water partition coefficient (Wildman–Crippen LogP) is 2.44. The number of piperazine rings is 1. The third-order valence-electron chi connectivity index (χ3n) is 5.56. The summed E-state index contributed by atoms with van der Waals surface area (Å²) in [6.07, 6.45) is 5.44. The van der Waals surface area contributed by atoms with Gasteiger partial charge in [-0.1, -0.05) is 29.8 Å². The first kappa shape index (κ1) is 22.0. The van der Waals surface area contributed by atoms with Crippen molar-refractivity contribution in [2.75, 3.05) is 49.6 Å². The maximum Gasteiger partial charge on any atom is 0.236 e. The molecule has 0 unspecified atom stereocenters. The third-order valence-corrected chi connectivity index (χ3v) is 5.76. The topological polar surface area (TPSA) is 91.5 Å². The number of hydrogen-bond acceptors (Lipinski definition) is 7. The number of benzene rings is 1. The van der Waals surface area contributed by atoms with E-state index in [-0.39, 0.29) is 12.5 Å². The summed E-state index contributed by atoms with van der Waals surface area (Å²) in [4.78, 5) is 31.1. The van der Waals surface area contributed by atoms with E-state index in [0.717, 1.165) is 54.5 Å². The zero-order valence-corrected chi connectivity index (χ0v) is 18.7. The normalized spacial score (nSPS) is 13.8. The number of rotatable bonds is 6. The molecule has 2 N–H and O–H groups in total. The average Bonchev–Trinajstić information content (AvgIpc) is 2.84. The van der Waals surface area contributed by atoms with E-state index in [0.29, 0.717) is 11.7 Å². The molecule has 0 spiro atoms. The molecule has 0 atom stereocenters. The highest BCUT2D eigenvalue weighted by molar-refractivity contribution is 6.29. The van der Waals surface area contributed by atoms with E-state index in [1.807, 2.05) is 42.7 Å². The highest BCUT2D eigenvalue weighted by Crippen LogP contribution is 2.23. The SMILES string of the molecule is CN(Cc1cccc(-c2cnc(N3CCN(c4ccnc(Cl)c4)CC3)nc2)c1)C(=O)CN. The van der Waals surface area contributed by atoms with E-state index in [1.165, 1.54) is 0 Å². The Labute approximate surface area is 192 Å². The molecule has 1 aromatic carbocycles. The van der Waals surface area contributed by atoms with Crippen LogP contribution in [0.15, 0.2) is 55.0 Å². The molecule has 0 aliphatic carbocycles. The van der Waals surface area contributed by atoms with Crippen molar-refractivity contribution >= 4 is 29.1 Å². The molecule has 1 amide bonds. The minimum Gasteiger partial charge on any atom is -0.368 e. The van der Waals surface area contributed by atoms with Crippen molar-refractivity contribution in [3.63, 3.8) is 0 Å². The Morgan fingerprint density at radius 1 is 1.03 bits per heavy atom. The number of hydrogen-bond donors (Lipinski definition) is 1. The molecule has 3 aromatic rings. The van der Waals surface area contributed by atoms with Crippen molar-refractivity contribution in [2.24, 2.45) is 5.73 Å². The van der Waals surface area contributed by atoms with E-state index >= 15 is 0 Å². The zero-order valence-electron chi connectivity index (χ0n) is 18.0. The summed E-state index contributed by atoms with van der Waals surface area (Å²) in [6.45, 7) is 3.91. The van der Waals surface area contributed by atoms with Gasteiger partial charge in [-0.15, -0.1) is 0 Å². The van der Waals surface area contributed by atoms with Gasteiger partial charge in [0.2, 0.25) is 11.9 Å². The number of carbonyl (C=O) groups excluding carboxylic acids is 1. The number of nitrogens with two attached hydrogens (primary N) is 1. The van der Waals surface area contributed by atoms with Crippen LogP contribution < -0.4 is 15.5 Å². The standard InChI is InChI=1S/C23H26ClN7O/c1-29(22(32)13-25)16-17-3-2-4-18(11-17)19-14-27-23(28-15-19)31-9-7-30(8-10-31)20-5-6-26-21(24)12-20/h2-6,11-12,14-15H,7-10,13,16,25H2,1H3. The van der Waals surface area contributed by atoms with Gasteiger partial charge in [0, 0.05) is 69.6 Å². The lowest BCUT2D eigenvalue weighted by molar-refractivity contribution is -0.128. The maximum atomic E-state index is 11.7. The Hall–Kier alpha value is -3.23. The van der Waals surface area contributed by atoms with Crippen LogP contribution in [-0.2, 0) is 11.3 Å². The third kappa shape index (κ3) is 5.15. The molecular weight excluding hydrogens is 426 g/mol. The maximum absolute atomic E-state index is 11.7. The van der Waals surface area contributed by atoms with Gasteiger partial charge in [0.1, 0.15) is 5.15 Å². The molecule has 8 nitrogen and oxygen atoms in total. The Kier molecular flexibility index (Phi) is 6.82. The van der Waals surface area contributed by atoms with E-state index in [2.05, 4.69) is 30.8 Å². The second-order valence-electron chi connectivity index (χ2n) is 7.74. The minimum absolute atomic E-state index is 0.00998. The van der Waals surface area contributed by atoms with Crippen LogP contribution in [-0.4, -0.2) is 65.5 Å². The monoisotopic (exact) mass is 451 g/mol. The van der Waals surface area contributed by atoms with Gasteiger partial charge in [-0.3, -0.25) is 4.79 Å². The molecule has 0 bridgehead atoms. The van der Waals surface area contributed by atoms with Crippen LogP contribution in [0.2, 0.25) is 5.15 Å². The number of pyridine rings is 1. The molecule has 1 saturated heterocycles. The van der Waals surface area contributed by atoms with Gasteiger partial charge in [0.15, 0.2) is 0 Å². The van der Waals surface area contributed by atoms with E-state index in [1.54, 1.807) is 18.1 Å². The first-order chi connectivity index (χ1) is 15.5. The van der Waals surface area contributed by atoms with E-state index in [4.69, 9.17) is 17.3 Å². The number of halogens is 1. The summed E-state index contributed by atoms with van der Waals surface area (Å²) in [5, 5.41) is 0.505. The summed E-state index contributed by atoms with van der Waals surface area (Å²) >= 11 is 6.02. The van der Waals surface area contributed by atoms with Crippen LogP contribution >= 0.6 is 11.6 Å². The molecule has 0 radical (unpaired) electrons. The molecule has 3 heterocycles. The van der Waals surface area contributed by atoms with Crippen molar-refractivity contribution in [1.29, 1.82) is 0 Å². The van der Waals surface area contributed by atoms with Gasteiger partial charge >= 0.3 is 0 Å².